The molecule has 0 aliphatic carbocycles. The van der Waals surface area contributed by atoms with Gasteiger partial charge in [0.05, 0.1) is 5.56 Å². The molecule has 1 N–H and O–H groups in total. The largest absolute Gasteiger partial charge is 0.491 e. The fourth-order valence-corrected chi connectivity index (χ4v) is 1.60. The van der Waals surface area contributed by atoms with Crippen molar-refractivity contribution in [2.45, 2.75) is 12.6 Å². The van der Waals surface area contributed by atoms with Crippen molar-refractivity contribution >= 4 is 12.6 Å². The first kappa shape index (κ1) is 10.5. The first-order valence-electron chi connectivity index (χ1n) is 4.48. The van der Waals surface area contributed by atoms with Crippen molar-refractivity contribution in [2.24, 2.45) is 0 Å². The summed E-state index contributed by atoms with van der Waals surface area (Å²) in [6.07, 6.45) is -3.85. The zero-order valence-corrected chi connectivity index (χ0v) is 7.71. The highest BCUT2D eigenvalue weighted by Gasteiger charge is 2.33. The molecule has 0 unspecified atom stereocenters. The first-order chi connectivity index (χ1) is 6.98. The molecule has 2 rings (SSSR count). The van der Waals surface area contributed by atoms with Crippen molar-refractivity contribution in [1.29, 1.82) is 0 Å². The molecule has 0 aromatic heterocycles. The molecule has 0 amide bonds. The van der Waals surface area contributed by atoms with E-state index in [1.54, 1.807) is 0 Å². The predicted molar refractivity (Wildman–Crippen MR) is 48.7 cm³/mol. The van der Waals surface area contributed by atoms with Crippen LogP contribution in [0.15, 0.2) is 18.2 Å². The van der Waals surface area contributed by atoms with E-state index in [-0.39, 0.29) is 5.46 Å². The molecule has 2 nitrogen and oxygen atoms in total. The molecular weight excluding hydrogens is 208 g/mol. The van der Waals surface area contributed by atoms with Gasteiger partial charge in [0.15, 0.2) is 0 Å². The predicted octanol–water partition coefficient (Wildman–Crippen LogP) is 0.966. The molecule has 0 fully saturated rings. The quantitative estimate of drug-likeness (QED) is 0.654. The highest BCUT2D eigenvalue weighted by atomic mass is 19.4. The Hall–Kier alpha value is -1.01. The lowest BCUT2D eigenvalue weighted by atomic mass is 9.73. The van der Waals surface area contributed by atoms with E-state index < -0.39 is 18.9 Å². The van der Waals surface area contributed by atoms with Gasteiger partial charge in [-0.1, -0.05) is 6.07 Å². The van der Waals surface area contributed by atoms with Crippen LogP contribution in [0.5, 0.6) is 0 Å². The number of halogens is 3. The van der Waals surface area contributed by atoms with Gasteiger partial charge in [0, 0.05) is 6.61 Å². The van der Waals surface area contributed by atoms with E-state index in [9.17, 15) is 18.2 Å². The molecule has 0 radical (unpaired) electrons. The Balaban J connectivity index is 2.44. The summed E-state index contributed by atoms with van der Waals surface area (Å²) in [6, 6.07) is 3.36. The van der Waals surface area contributed by atoms with E-state index >= 15 is 0 Å². The maximum absolute atomic E-state index is 12.4. The van der Waals surface area contributed by atoms with E-state index in [0.29, 0.717) is 18.6 Å². The third-order valence-electron chi connectivity index (χ3n) is 2.39. The van der Waals surface area contributed by atoms with Crippen molar-refractivity contribution in [3.8, 4) is 0 Å². The van der Waals surface area contributed by atoms with E-state index in [0.717, 1.165) is 12.1 Å². The third-order valence-corrected chi connectivity index (χ3v) is 2.39. The summed E-state index contributed by atoms with van der Waals surface area (Å²) in [4.78, 5) is 0. The molecule has 0 spiro atoms. The summed E-state index contributed by atoms with van der Waals surface area (Å²) in [5.74, 6) is 0. The van der Waals surface area contributed by atoms with E-state index in [1.807, 2.05) is 0 Å². The fourth-order valence-electron chi connectivity index (χ4n) is 1.60. The maximum atomic E-state index is 12.4. The second kappa shape index (κ2) is 3.54. The Kier molecular flexibility index (Phi) is 2.48. The van der Waals surface area contributed by atoms with E-state index in [4.69, 9.17) is 4.65 Å². The Morgan fingerprint density at radius 1 is 1.33 bits per heavy atom. The van der Waals surface area contributed by atoms with E-state index in [2.05, 4.69) is 0 Å². The van der Waals surface area contributed by atoms with Crippen molar-refractivity contribution in [3.05, 3.63) is 29.3 Å². The second-order valence-electron chi connectivity index (χ2n) is 3.38. The Morgan fingerprint density at radius 2 is 2.07 bits per heavy atom. The van der Waals surface area contributed by atoms with Crippen LogP contribution in [0.4, 0.5) is 13.2 Å². The first-order valence-corrected chi connectivity index (χ1v) is 4.48. The summed E-state index contributed by atoms with van der Waals surface area (Å²) in [6.45, 7) is 0.333. The molecule has 1 aromatic rings. The highest BCUT2D eigenvalue weighted by Crippen LogP contribution is 2.29. The van der Waals surface area contributed by atoms with Crippen LogP contribution in [0.3, 0.4) is 0 Å². The van der Waals surface area contributed by atoms with Crippen molar-refractivity contribution in [1.82, 2.24) is 0 Å². The molecule has 0 atom stereocenters. The van der Waals surface area contributed by atoms with Crippen molar-refractivity contribution < 1.29 is 22.8 Å². The summed E-state index contributed by atoms with van der Waals surface area (Å²) < 4.78 is 41.9. The van der Waals surface area contributed by atoms with Crippen LogP contribution in [0.25, 0.3) is 0 Å². The monoisotopic (exact) mass is 216 g/mol. The Labute approximate surface area is 84.8 Å². The topological polar surface area (TPSA) is 29.5 Å². The molecule has 0 saturated carbocycles. The highest BCUT2D eigenvalue weighted by molar-refractivity contribution is 6.60. The number of rotatable bonds is 0. The molecule has 1 aliphatic rings. The van der Waals surface area contributed by atoms with Gasteiger partial charge in [-0.15, -0.1) is 0 Å². The van der Waals surface area contributed by atoms with Crippen molar-refractivity contribution in [3.63, 3.8) is 0 Å². The molecular formula is C9H8BF3O2. The SMILES string of the molecule is OB1OCCc2ccc(C(F)(F)F)cc21. The molecule has 1 aliphatic heterocycles. The number of alkyl halides is 3. The number of fused-ring (bicyclic) bond motifs is 1. The Morgan fingerprint density at radius 3 is 2.73 bits per heavy atom. The second-order valence-corrected chi connectivity index (χ2v) is 3.38. The summed E-state index contributed by atoms with van der Waals surface area (Å²) >= 11 is 0. The van der Waals surface area contributed by atoms with Gasteiger partial charge in [0.1, 0.15) is 0 Å². The van der Waals surface area contributed by atoms with Gasteiger partial charge in [-0.25, -0.2) is 0 Å². The standard InChI is InChI=1S/C9H8BF3O2/c11-9(12,13)7-2-1-6-3-4-15-10(14)8(6)5-7/h1-2,5,14H,3-4H2. The Bertz CT molecular complexity index is 378. The lowest BCUT2D eigenvalue weighted by molar-refractivity contribution is -0.137. The van der Waals surface area contributed by atoms with Gasteiger partial charge in [0.2, 0.25) is 0 Å². The van der Waals surface area contributed by atoms with Crippen LogP contribution in [0.2, 0.25) is 0 Å². The molecule has 15 heavy (non-hydrogen) atoms. The summed E-state index contributed by atoms with van der Waals surface area (Å²) in [5, 5.41) is 9.36. The number of hydrogen-bond acceptors (Lipinski definition) is 2. The zero-order valence-electron chi connectivity index (χ0n) is 7.71. The van der Waals surface area contributed by atoms with Gasteiger partial charge >= 0.3 is 13.3 Å². The van der Waals surface area contributed by atoms with Crippen LogP contribution in [-0.4, -0.2) is 18.7 Å². The maximum Gasteiger partial charge on any atom is 0.491 e. The minimum Gasteiger partial charge on any atom is -0.423 e. The molecule has 80 valence electrons. The van der Waals surface area contributed by atoms with Gasteiger partial charge in [-0.3, -0.25) is 0 Å². The number of benzene rings is 1. The van der Waals surface area contributed by atoms with Gasteiger partial charge in [0.25, 0.3) is 0 Å². The van der Waals surface area contributed by atoms with Gasteiger partial charge in [-0.05, 0) is 29.6 Å². The normalized spacial score (nSPS) is 16.4. The molecule has 1 heterocycles. The minimum absolute atomic E-state index is 0.219. The summed E-state index contributed by atoms with van der Waals surface area (Å²) in [7, 11) is -1.24. The van der Waals surface area contributed by atoms with E-state index in [1.165, 1.54) is 6.07 Å². The third kappa shape index (κ3) is 2.00. The lowest BCUT2D eigenvalue weighted by Crippen LogP contribution is -2.41. The average molecular weight is 216 g/mol. The molecule has 0 bridgehead atoms. The van der Waals surface area contributed by atoms with Gasteiger partial charge < -0.3 is 9.68 Å². The minimum atomic E-state index is -4.38. The smallest absolute Gasteiger partial charge is 0.423 e. The number of hydrogen-bond donors (Lipinski definition) is 1. The average Bonchev–Trinajstić information content (AvgIpc) is 2.16. The zero-order chi connectivity index (χ0) is 11.1. The van der Waals surface area contributed by atoms with Crippen LogP contribution in [0, 0.1) is 0 Å². The van der Waals surface area contributed by atoms with Crippen LogP contribution in [0.1, 0.15) is 11.1 Å². The van der Waals surface area contributed by atoms with Gasteiger partial charge in [-0.2, -0.15) is 13.2 Å². The molecule has 1 aromatic carbocycles. The molecule has 0 saturated heterocycles. The molecule has 6 heteroatoms. The lowest BCUT2D eigenvalue weighted by Gasteiger charge is -2.20. The fraction of sp³-hybridized carbons (Fsp3) is 0.333. The van der Waals surface area contributed by atoms with Crippen molar-refractivity contribution in [2.75, 3.05) is 6.61 Å². The van der Waals surface area contributed by atoms with Crippen LogP contribution in [-0.2, 0) is 17.3 Å². The summed E-state index contributed by atoms with van der Waals surface area (Å²) in [5.41, 5.74) is 0.170. The van der Waals surface area contributed by atoms with Crippen LogP contribution < -0.4 is 5.46 Å². The van der Waals surface area contributed by atoms with Crippen LogP contribution >= 0.6 is 0 Å².